The summed E-state index contributed by atoms with van der Waals surface area (Å²) in [6, 6.07) is 8.69. The molecule has 0 radical (unpaired) electrons. The van der Waals surface area contributed by atoms with Gasteiger partial charge in [0, 0.05) is 12.3 Å². The van der Waals surface area contributed by atoms with Gasteiger partial charge in [-0.2, -0.15) is 0 Å². The first-order valence-corrected chi connectivity index (χ1v) is 8.13. The SMILES string of the molecule is CCCc1cc2c(=O)c(-c3ccccn3)coc2cc1OC(=O)C[NH3+]. The van der Waals surface area contributed by atoms with Crippen LogP contribution in [0.25, 0.3) is 22.2 Å². The molecule has 0 aliphatic heterocycles. The zero-order valence-corrected chi connectivity index (χ0v) is 14.0. The second-order valence-electron chi connectivity index (χ2n) is 5.62. The van der Waals surface area contributed by atoms with E-state index in [1.807, 2.05) is 13.0 Å². The summed E-state index contributed by atoms with van der Waals surface area (Å²) in [5.41, 5.74) is 5.49. The monoisotopic (exact) mass is 339 g/mol. The minimum absolute atomic E-state index is 0.0339. The van der Waals surface area contributed by atoms with E-state index in [2.05, 4.69) is 10.7 Å². The molecule has 25 heavy (non-hydrogen) atoms. The van der Waals surface area contributed by atoms with E-state index >= 15 is 0 Å². The third kappa shape index (κ3) is 3.44. The Morgan fingerprint density at radius 3 is 2.84 bits per heavy atom. The summed E-state index contributed by atoms with van der Waals surface area (Å²) < 4.78 is 11.0. The number of esters is 1. The molecule has 3 aromatic rings. The number of hydrogen-bond donors (Lipinski definition) is 1. The van der Waals surface area contributed by atoms with Crippen LogP contribution in [0.2, 0.25) is 0 Å². The Balaban J connectivity index is 2.17. The summed E-state index contributed by atoms with van der Waals surface area (Å²) in [6.07, 6.45) is 4.55. The number of quaternary nitrogens is 1. The van der Waals surface area contributed by atoms with Gasteiger partial charge in [-0.05, 0) is 30.2 Å². The van der Waals surface area contributed by atoms with E-state index in [0.29, 0.717) is 34.4 Å². The van der Waals surface area contributed by atoms with Gasteiger partial charge in [0.15, 0.2) is 6.54 Å². The van der Waals surface area contributed by atoms with Gasteiger partial charge < -0.3 is 14.9 Å². The van der Waals surface area contributed by atoms with E-state index in [-0.39, 0.29) is 12.0 Å². The maximum atomic E-state index is 12.9. The number of pyridine rings is 1. The van der Waals surface area contributed by atoms with E-state index in [0.717, 1.165) is 12.0 Å². The van der Waals surface area contributed by atoms with Crippen LogP contribution in [-0.4, -0.2) is 17.5 Å². The molecule has 3 rings (SSSR count). The maximum Gasteiger partial charge on any atom is 0.366 e. The molecule has 0 aliphatic carbocycles. The number of ether oxygens (including phenoxy) is 1. The molecular formula is C19H19N2O4+. The number of nitrogens with zero attached hydrogens (tertiary/aromatic N) is 1. The minimum Gasteiger partial charge on any atom is -0.463 e. The zero-order valence-electron chi connectivity index (χ0n) is 14.0. The van der Waals surface area contributed by atoms with Crippen LogP contribution in [0.3, 0.4) is 0 Å². The second kappa shape index (κ2) is 7.27. The predicted molar refractivity (Wildman–Crippen MR) is 93.1 cm³/mol. The van der Waals surface area contributed by atoms with Crippen LogP contribution in [0.4, 0.5) is 0 Å². The molecule has 0 amide bonds. The molecule has 0 aliphatic rings. The number of carbonyl (C=O) groups is 1. The first kappa shape index (κ1) is 16.9. The van der Waals surface area contributed by atoms with Crippen molar-refractivity contribution in [2.75, 3.05) is 6.54 Å². The summed E-state index contributed by atoms with van der Waals surface area (Å²) in [5.74, 6) is -0.0131. The molecule has 6 nitrogen and oxygen atoms in total. The number of aromatic nitrogens is 1. The van der Waals surface area contributed by atoms with Gasteiger partial charge in [0.1, 0.15) is 17.6 Å². The molecule has 0 fully saturated rings. The highest BCUT2D eigenvalue weighted by molar-refractivity contribution is 5.84. The Labute approximate surface area is 144 Å². The molecule has 2 aromatic heterocycles. The summed E-state index contributed by atoms with van der Waals surface area (Å²) in [5, 5.41) is 0.445. The number of hydrogen-bond acceptors (Lipinski definition) is 5. The Hall–Kier alpha value is -2.99. The fraction of sp³-hybridized carbons (Fsp3) is 0.211. The van der Waals surface area contributed by atoms with Gasteiger partial charge in [-0.25, -0.2) is 4.79 Å². The Morgan fingerprint density at radius 2 is 2.16 bits per heavy atom. The molecule has 0 saturated carbocycles. The molecular weight excluding hydrogens is 320 g/mol. The van der Waals surface area contributed by atoms with Gasteiger partial charge in [0.05, 0.1) is 16.6 Å². The van der Waals surface area contributed by atoms with Crippen LogP contribution in [0.1, 0.15) is 18.9 Å². The van der Waals surface area contributed by atoms with Crippen LogP contribution in [0, 0.1) is 0 Å². The Bertz CT molecular complexity index is 964. The average Bonchev–Trinajstić information content (AvgIpc) is 2.64. The van der Waals surface area contributed by atoms with E-state index in [1.54, 1.807) is 30.5 Å². The number of benzene rings is 1. The van der Waals surface area contributed by atoms with Gasteiger partial charge in [-0.15, -0.1) is 0 Å². The van der Waals surface area contributed by atoms with Crippen molar-refractivity contribution in [2.24, 2.45) is 0 Å². The summed E-state index contributed by atoms with van der Waals surface area (Å²) in [6.45, 7) is 2.05. The minimum atomic E-state index is -0.427. The highest BCUT2D eigenvalue weighted by atomic mass is 16.5. The van der Waals surface area contributed by atoms with Crippen LogP contribution >= 0.6 is 0 Å². The van der Waals surface area contributed by atoms with E-state index in [1.165, 1.54) is 6.26 Å². The quantitative estimate of drug-likeness (QED) is 0.566. The molecule has 0 atom stereocenters. The third-order valence-electron chi connectivity index (χ3n) is 3.84. The van der Waals surface area contributed by atoms with Crippen molar-refractivity contribution >= 4 is 16.9 Å². The van der Waals surface area contributed by atoms with Gasteiger partial charge in [-0.1, -0.05) is 19.4 Å². The van der Waals surface area contributed by atoms with Crippen LogP contribution in [-0.2, 0) is 11.2 Å². The van der Waals surface area contributed by atoms with Crippen molar-refractivity contribution in [3.05, 3.63) is 58.6 Å². The number of rotatable bonds is 5. The van der Waals surface area contributed by atoms with E-state index in [9.17, 15) is 9.59 Å². The van der Waals surface area contributed by atoms with Crippen molar-refractivity contribution in [2.45, 2.75) is 19.8 Å². The zero-order chi connectivity index (χ0) is 17.8. The number of fused-ring (bicyclic) bond motifs is 1. The molecule has 0 bridgehead atoms. The van der Waals surface area contributed by atoms with Crippen molar-refractivity contribution < 1.29 is 19.7 Å². The molecule has 1 aromatic carbocycles. The molecule has 2 heterocycles. The lowest BCUT2D eigenvalue weighted by molar-refractivity contribution is -0.358. The first-order chi connectivity index (χ1) is 12.1. The van der Waals surface area contributed by atoms with E-state index in [4.69, 9.17) is 9.15 Å². The highest BCUT2D eigenvalue weighted by Crippen LogP contribution is 2.27. The van der Waals surface area contributed by atoms with E-state index < -0.39 is 5.97 Å². The normalized spacial score (nSPS) is 10.8. The van der Waals surface area contributed by atoms with Gasteiger partial charge in [-0.3, -0.25) is 9.78 Å². The average molecular weight is 339 g/mol. The summed E-state index contributed by atoms with van der Waals surface area (Å²) >= 11 is 0. The van der Waals surface area contributed by atoms with Crippen molar-refractivity contribution in [1.82, 2.24) is 4.98 Å². The highest BCUT2D eigenvalue weighted by Gasteiger charge is 2.16. The van der Waals surface area contributed by atoms with Gasteiger partial charge >= 0.3 is 5.97 Å². The van der Waals surface area contributed by atoms with Crippen molar-refractivity contribution in [3.8, 4) is 17.0 Å². The third-order valence-corrected chi connectivity index (χ3v) is 3.84. The molecule has 128 valence electrons. The lowest BCUT2D eigenvalue weighted by Crippen LogP contribution is -2.55. The van der Waals surface area contributed by atoms with Crippen molar-refractivity contribution in [1.29, 1.82) is 0 Å². The summed E-state index contributed by atoms with van der Waals surface area (Å²) in [7, 11) is 0. The fourth-order valence-corrected chi connectivity index (χ4v) is 2.63. The molecule has 0 saturated heterocycles. The Morgan fingerprint density at radius 1 is 1.32 bits per heavy atom. The van der Waals surface area contributed by atoms with Gasteiger partial charge in [0.2, 0.25) is 5.43 Å². The maximum absolute atomic E-state index is 12.9. The lowest BCUT2D eigenvalue weighted by Gasteiger charge is -2.10. The molecule has 0 unspecified atom stereocenters. The van der Waals surface area contributed by atoms with Crippen LogP contribution in [0.15, 0.2) is 52.0 Å². The molecule has 6 heteroatoms. The fourth-order valence-electron chi connectivity index (χ4n) is 2.63. The van der Waals surface area contributed by atoms with Gasteiger partial charge in [0.25, 0.3) is 0 Å². The number of aryl methyl sites for hydroxylation is 1. The van der Waals surface area contributed by atoms with Crippen LogP contribution < -0.4 is 15.9 Å². The van der Waals surface area contributed by atoms with Crippen molar-refractivity contribution in [3.63, 3.8) is 0 Å². The predicted octanol–water partition coefficient (Wildman–Crippen LogP) is 1.95. The van der Waals surface area contributed by atoms with Crippen LogP contribution in [0.5, 0.6) is 5.75 Å². The largest absolute Gasteiger partial charge is 0.463 e. The molecule has 0 spiro atoms. The topological polar surface area (TPSA) is 97.0 Å². The Kier molecular flexibility index (Phi) is 4.90. The summed E-state index contributed by atoms with van der Waals surface area (Å²) in [4.78, 5) is 28.7. The molecule has 3 N–H and O–H groups in total. The number of carbonyl (C=O) groups excluding carboxylic acids is 1. The second-order valence-corrected chi connectivity index (χ2v) is 5.62. The standard InChI is InChI=1S/C19H18N2O4/c1-2-5-12-8-13-17(9-16(12)25-18(22)10-20)24-11-14(19(13)23)15-6-3-4-7-21-15/h3-4,6-9,11H,2,5,10,20H2,1H3/p+1. The first-order valence-electron chi connectivity index (χ1n) is 8.13. The smallest absolute Gasteiger partial charge is 0.366 e. The lowest BCUT2D eigenvalue weighted by atomic mass is 10.0.